The molecule has 0 aromatic heterocycles. The largest absolute Gasteiger partial charge is 0.376 e. The molecule has 0 radical (unpaired) electrons. The van der Waals surface area contributed by atoms with Crippen molar-refractivity contribution in [3.05, 3.63) is 24.3 Å². The van der Waals surface area contributed by atoms with Crippen LogP contribution in [0.15, 0.2) is 24.3 Å². The Hall–Kier alpha value is -1.07. The van der Waals surface area contributed by atoms with Gasteiger partial charge in [-0.15, -0.1) is 0 Å². The van der Waals surface area contributed by atoms with Crippen molar-refractivity contribution in [1.82, 2.24) is 0 Å². The smallest absolute Gasteiger partial charge is 0.0650 e. The van der Waals surface area contributed by atoms with E-state index >= 15 is 0 Å². The van der Waals surface area contributed by atoms with Gasteiger partial charge in [0.25, 0.3) is 0 Å². The van der Waals surface area contributed by atoms with Crippen LogP contribution >= 0.6 is 0 Å². The van der Waals surface area contributed by atoms with Gasteiger partial charge in [-0.2, -0.15) is 5.26 Å². The lowest BCUT2D eigenvalue weighted by molar-refractivity contribution is 0.168. The second kappa shape index (κ2) is 8.93. The molecule has 0 aliphatic heterocycles. The minimum atomic E-state index is 0.470. The highest BCUT2D eigenvalue weighted by atomic mass is 16.5. The van der Waals surface area contributed by atoms with E-state index in [1.54, 1.807) is 0 Å². The van der Waals surface area contributed by atoms with E-state index < -0.39 is 0 Å². The van der Waals surface area contributed by atoms with Gasteiger partial charge in [-0.1, -0.05) is 24.3 Å². The van der Waals surface area contributed by atoms with Crippen molar-refractivity contribution in [2.45, 2.75) is 13.3 Å². The minimum Gasteiger partial charge on any atom is -0.376 e. The summed E-state index contributed by atoms with van der Waals surface area (Å²) in [6.07, 6.45) is 8.20. The Labute approximate surface area is 67.8 Å². The van der Waals surface area contributed by atoms with Crippen molar-refractivity contribution in [2.24, 2.45) is 0 Å². The van der Waals surface area contributed by atoms with E-state index in [1.165, 1.54) is 0 Å². The van der Waals surface area contributed by atoms with Crippen molar-refractivity contribution in [3.8, 4) is 6.07 Å². The third-order valence-corrected chi connectivity index (χ3v) is 1.01. The number of nitriles is 1. The van der Waals surface area contributed by atoms with Crippen molar-refractivity contribution in [2.75, 3.05) is 13.2 Å². The molecule has 0 spiro atoms. The van der Waals surface area contributed by atoms with Crippen LogP contribution in [0.5, 0.6) is 0 Å². The van der Waals surface area contributed by atoms with Gasteiger partial charge in [0, 0.05) is 0 Å². The maximum atomic E-state index is 8.15. The van der Waals surface area contributed by atoms with Gasteiger partial charge in [0.2, 0.25) is 0 Å². The third-order valence-electron chi connectivity index (χ3n) is 1.01. The number of rotatable bonds is 5. The summed E-state index contributed by atoms with van der Waals surface area (Å²) >= 11 is 0. The van der Waals surface area contributed by atoms with Crippen LogP contribution in [-0.2, 0) is 4.74 Å². The maximum absolute atomic E-state index is 8.15. The fraction of sp³-hybridized carbons (Fsp3) is 0.444. The lowest BCUT2D eigenvalue weighted by Gasteiger charge is -1.92. The fourth-order valence-corrected chi connectivity index (χ4v) is 0.514. The molecule has 11 heavy (non-hydrogen) atoms. The molecule has 0 unspecified atom stereocenters. The number of hydrogen-bond donors (Lipinski definition) is 0. The zero-order chi connectivity index (χ0) is 8.36. The van der Waals surface area contributed by atoms with E-state index in [4.69, 9.17) is 10.00 Å². The molecule has 0 saturated heterocycles. The van der Waals surface area contributed by atoms with Crippen LogP contribution < -0.4 is 0 Å². The summed E-state index contributed by atoms with van der Waals surface area (Å²) in [5.41, 5.74) is 0. The first kappa shape index (κ1) is 9.93. The molecule has 0 saturated carbocycles. The molecule has 2 nitrogen and oxygen atoms in total. The highest BCUT2D eigenvalue weighted by Crippen LogP contribution is 1.82. The zero-order valence-electron chi connectivity index (χ0n) is 6.79. The molecule has 0 aromatic carbocycles. The average molecular weight is 151 g/mol. The molecule has 0 atom stereocenters. The summed E-state index contributed by atoms with van der Waals surface area (Å²) in [7, 11) is 0. The van der Waals surface area contributed by atoms with Gasteiger partial charge in [0.1, 0.15) is 0 Å². The zero-order valence-corrected chi connectivity index (χ0v) is 6.79. The van der Waals surface area contributed by atoms with Gasteiger partial charge in [0.05, 0.1) is 25.7 Å². The number of hydrogen-bond acceptors (Lipinski definition) is 2. The fourth-order valence-electron chi connectivity index (χ4n) is 0.514. The Morgan fingerprint density at radius 3 is 2.91 bits per heavy atom. The summed E-state index contributed by atoms with van der Waals surface area (Å²) in [5, 5.41) is 8.15. The predicted molar refractivity (Wildman–Crippen MR) is 45.0 cm³/mol. The first-order valence-electron chi connectivity index (χ1n) is 3.64. The van der Waals surface area contributed by atoms with E-state index in [0.717, 1.165) is 0 Å². The van der Waals surface area contributed by atoms with Gasteiger partial charge in [-0.05, 0) is 6.92 Å². The van der Waals surface area contributed by atoms with Crippen LogP contribution in [0.2, 0.25) is 0 Å². The van der Waals surface area contributed by atoms with Crippen LogP contribution in [0.3, 0.4) is 0 Å². The third kappa shape index (κ3) is 8.93. The Morgan fingerprint density at radius 1 is 1.45 bits per heavy atom. The second-order valence-electron chi connectivity index (χ2n) is 1.94. The van der Waals surface area contributed by atoms with E-state index in [2.05, 4.69) is 0 Å². The van der Waals surface area contributed by atoms with Crippen molar-refractivity contribution >= 4 is 0 Å². The predicted octanol–water partition coefficient (Wildman–Crippen LogP) is 2.05. The SMILES string of the molecule is C/C=C/C=C/COCCC#N. The Morgan fingerprint density at radius 2 is 2.27 bits per heavy atom. The van der Waals surface area contributed by atoms with Crippen LogP contribution in [-0.4, -0.2) is 13.2 Å². The summed E-state index contributed by atoms with van der Waals surface area (Å²) in [6, 6.07) is 2.01. The Balaban J connectivity index is 3.08. The standard InChI is InChI=1S/C9H13NO/c1-2-3-4-5-8-11-9-6-7-10/h2-5H,6,8-9H2,1H3/b3-2+,5-4+. The average Bonchev–Trinajstić information content (AvgIpc) is 2.03. The van der Waals surface area contributed by atoms with E-state index in [1.807, 2.05) is 37.3 Å². The first-order chi connectivity index (χ1) is 5.41. The Kier molecular flexibility index (Phi) is 8.06. The monoisotopic (exact) mass is 151 g/mol. The van der Waals surface area contributed by atoms with Crippen LogP contribution in [0.4, 0.5) is 0 Å². The molecule has 0 fully saturated rings. The molecule has 0 rings (SSSR count). The van der Waals surface area contributed by atoms with Gasteiger partial charge < -0.3 is 4.74 Å². The quantitative estimate of drug-likeness (QED) is 0.445. The molecule has 60 valence electrons. The van der Waals surface area contributed by atoms with Gasteiger partial charge in [-0.25, -0.2) is 0 Å². The molecule has 0 amide bonds. The molecule has 0 bridgehead atoms. The lowest BCUT2D eigenvalue weighted by atomic mass is 10.4. The minimum absolute atomic E-state index is 0.470. The molecule has 0 N–H and O–H groups in total. The first-order valence-corrected chi connectivity index (χ1v) is 3.64. The summed E-state index contributed by atoms with van der Waals surface area (Å²) < 4.78 is 5.08. The molecule has 0 aromatic rings. The molecule has 0 aliphatic rings. The van der Waals surface area contributed by atoms with E-state index in [9.17, 15) is 0 Å². The molecular weight excluding hydrogens is 138 g/mol. The van der Waals surface area contributed by atoms with Crippen LogP contribution in [0.1, 0.15) is 13.3 Å². The molecule has 0 aliphatic carbocycles. The van der Waals surface area contributed by atoms with Gasteiger partial charge in [0.15, 0.2) is 0 Å². The van der Waals surface area contributed by atoms with Crippen molar-refractivity contribution < 1.29 is 4.74 Å². The second-order valence-corrected chi connectivity index (χ2v) is 1.94. The highest BCUT2D eigenvalue weighted by Gasteiger charge is 1.80. The summed E-state index contributed by atoms with van der Waals surface area (Å²) in [6.45, 7) is 3.07. The maximum Gasteiger partial charge on any atom is 0.0650 e. The van der Waals surface area contributed by atoms with Gasteiger partial charge >= 0.3 is 0 Å². The number of nitrogens with zero attached hydrogens (tertiary/aromatic N) is 1. The van der Waals surface area contributed by atoms with Crippen molar-refractivity contribution in [1.29, 1.82) is 5.26 Å². The van der Waals surface area contributed by atoms with Crippen LogP contribution in [0, 0.1) is 11.3 Å². The highest BCUT2D eigenvalue weighted by molar-refractivity contribution is 5.00. The normalized spacial score (nSPS) is 10.9. The number of allylic oxidation sites excluding steroid dienone is 3. The summed E-state index contributed by atoms with van der Waals surface area (Å²) in [5.74, 6) is 0. The Bertz CT molecular complexity index is 165. The number of ether oxygens (including phenoxy) is 1. The lowest BCUT2D eigenvalue weighted by Crippen LogP contribution is -1.91. The van der Waals surface area contributed by atoms with E-state index in [-0.39, 0.29) is 0 Å². The molecular formula is C9H13NO. The van der Waals surface area contributed by atoms with Crippen molar-refractivity contribution in [3.63, 3.8) is 0 Å². The topological polar surface area (TPSA) is 33.0 Å². The summed E-state index contributed by atoms with van der Waals surface area (Å²) in [4.78, 5) is 0. The van der Waals surface area contributed by atoms with Crippen LogP contribution in [0.25, 0.3) is 0 Å². The van der Waals surface area contributed by atoms with E-state index in [0.29, 0.717) is 19.6 Å². The molecule has 2 heteroatoms. The molecule has 0 heterocycles. The van der Waals surface area contributed by atoms with Gasteiger partial charge in [-0.3, -0.25) is 0 Å².